The first-order valence-electron chi connectivity index (χ1n) is 6.26. The normalized spacial score (nSPS) is 9.90. The molecule has 102 valence electrons. The second kappa shape index (κ2) is 6.02. The van der Waals surface area contributed by atoms with Crippen LogP contribution in [0.5, 0.6) is 0 Å². The molecule has 20 heavy (non-hydrogen) atoms. The third-order valence-corrected chi connectivity index (χ3v) is 2.98. The van der Waals surface area contributed by atoms with Crippen LogP contribution in [0.1, 0.15) is 10.5 Å². The maximum atomic E-state index is 10.7. The lowest BCUT2D eigenvalue weighted by Crippen LogP contribution is -2.15. The van der Waals surface area contributed by atoms with Crippen molar-refractivity contribution in [2.75, 3.05) is 23.9 Å². The molecule has 0 amide bonds. The van der Waals surface area contributed by atoms with E-state index in [2.05, 4.69) is 11.6 Å². The van der Waals surface area contributed by atoms with Crippen LogP contribution in [0.4, 0.5) is 17.1 Å². The molecule has 4 heteroatoms. The Morgan fingerprint density at radius 2 is 1.80 bits per heavy atom. The maximum Gasteiger partial charge on any atom is 0.168 e. The highest BCUT2D eigenvalue weighted by Crippen LogP contribution is 2.33. The smallest absolute Gasteiger partial charge is 0.168 e. The number of pyridine rings is 1. The van der Waals surface area contributed by atoms with Gasteiger partial charge in [0.05, 0.1) is 23.3 Å². The van der Waals surface area contributed by atoms with E-state index in [1.165, 1.54) is 0 Å². The highest BCUT2D eigenvalue weighted by atomic mass is 16.1. The summed E-state index contributed by atoms with van der Waals surface area (Å²) in [6, 6.07) is 11.6. The van der Waals surface area contributed by atoms with Crippen molar-refractivity contribution in [1.82, 2.24) is 4.98 Å². The summed E-state index contributed by atoms with van der Waals surface area (Å²) in [6.45, 7) is 3.87. The van der Waals surface area contributed by atoms with Gasteiger partial charge in [-0.15, -0.1) is 0 Å². The van der Waals surface area contributed by atoms with Crippen LogP contribution >= 0.6 is 0 Å². The number of rotatable bonds is 5. The van der Waals surface area contributed by atoms with Crippen LogP contribution in [0, 0.1) is 0 Å². The highest BCUT2D eigenvalue weighted by molar-refractivity contribution is 5.79. The molecule has 0 bridgehead atoms. The molecule has 0 N–H and O–H groups in total. The van der Waals surface area contributed by atoms with Crippen molar-refractivity contribution in [1.29, 1.82) is 0 Å². The van der Waals surface area contributed by atoms with Crippen LogP contribution < -0.4 is 9.80 Å². The fourth-order valence-electron chi connectivity index (χ4n) is 2.00. The lowest BCUT2D eigenvalue weighted by molar-refractivity contribution is 0.111. The third kappa shape index (κ3) is 2.69. The lowest BCUT2D eigenvalue weighted by atomic mass is 10.2. The van der Waals surface area contributed by atoms with Gasteiger partial charge in [0.15, 0.2) is 6.29 Å². The number of anilines is 3. The zero-order chi connectivity index (χ0) is 14.5. The van der Waals surface area contributed by atoms with Gasteiger partial charge >= 0.3 is 0 Å². The lowest BCUT2D eigenvalue weighted by Gasteiger charge is -2.26. The van der Waals surface area contributed by atoms with E-state index < -0.39 is 0 Å². The fourth-order valence-corrected chi connectivity index (χ4v) is 2.00. The van der Waals surface area contributed by atoms with Crippen molar-refractivity contribution in [3.05, 3.63) is 61.1 Å². The number of para-hydroxylation sites is 2. The molecule has 0 spiro atoms. The molecule has 0 aliphatic heterocycles. The van der Waals surface area contributed by atoms with Gasteiger partial charge in [0.2, 0.25) is 0 Å². The van der Waals surface area contributed by atoms with E-state index in [1.54, 1.807) is 18.5 Å². The number of carbonyl (C=O) groups excluding carboxylic acids is 1. The molecular weight excluding hydrogens is 250 g/mol. The Kier molecular flexibility index (Phi) is 4.15. The Morgan fingerprint density at radius 3 is 2.30 bits per heavy atom. The van der Waals surface area contributed by atoms with Gasteiger partial charge < -0.3 is 9.80 Å². The molecule has 2 aromatic rings. The number of carbonyl (C=O) groups is 1. The molecule has 0 atom stereocenters. The van der Waals surface area contributed by atoms with Crippen LogP contribution in [-0.4, -0.2) is 25.4 Å². The van der Waals surface area contributed by atoms with Gasteiger partial charge in [-0.3, -0.25) is 9.78 Å². The van der Waals surface area contributed by atoms with E-state index >= 15 is 0 Å². The number of nitrogens with zero attached hydrogens (tertiary/aromatic N) is 3. The molecule has 2 rings (SSSR count). The van der Waals surface area contributed by atoms with Crippen molar-refractivity contribution in [2.24, 2.45) is 0 Å². The predicted molar refractivity (Wildman–Crippen MR) is 82.7 cm³/mol. The quantitative estimate of drug-likeness (QED) is 0.779. The zero-order valence-corrected chi connectivity index (χ0v) is 11.7. The van der Waals surface area contributed by atoms with E-state index in [0.29, 0.717) is 5.69 Å². The molecule has 1 aromatic heterocycles. The monoisotopic (exact) mass is 267 g/mol. The second-order valence-electron chi connectivity index (χ2n) is 4.49. The molecule has 4 nitrogen and oxygen atoms in total. The first-order valence-corrected chi connectivity index (χ1v) is 6.26. The van der Waals surface area contributed by atoms with Gasteiger partial charge in [0, 0.05) is 20.3 Å². The van der Waals surface area contributed by atoms with Crippen LogP contribution in [0.15, 0.2) is 55.4 Å². The molecule has 1 aromatic carbocycles. The van der Waals surface area contributed by atoms with E-state index in [4.69, 9.17) is 0 Å². The molecular formula is C16H17N3O. The summed E-state index contributed by atoms with van der Waals surface area (Å²) in [5, 5.41) is 0. The van der Waals surface area contributed by atoms with Gasteiger partial charge in [-0.2, -0.15) is 0 Å². The SMILES string of the molecule is C=CN(c1ccc(C=O)nc1)c1ccccc1N(C)C. The summed E-state index contributed by atoms with van der Waals surface area (Å²) in [6.07, 6.45) is 4.13. The number of aldehydes is 1. The van der Waals surface area contributed by atoms with Gasteiger partial charge in [-0.25, -0.2) is 0 Å². The minimum absolute atomic E-state index is 0.415. The molecule has 0 fully saturated rings. The molecule has 0 saturated heterocycles. The van der Waals surface area contributed by atoms with Gasteiger partial charge in [-0.1, -0.05) is 18.7 Å². The number of benzene rings is 1. The highest BCUT2D eigenvalue weighted by Gasteiger charge is 2.12. The standard InChI is InChI=1S/C16H17N3O/c1-4-19(14-10-9-13(12-20)17-11-14)16-8-6-5-7-15(16)18(2)3/h4-12H,1H2,2-3H3. The molecule has 0 radical (unpaired) electrons. The second-order valence-corrected chi connectivity index (χ2v) is 4.49. The molecule has 0 unspecified atom stereocenters. The summed E-state index contributed by atoms with van der Waals surface area (Å²) >= 11 is 0. The minimum Gasteiger partial charge on any atom is -0.376 e. The Labute approximate surface area is 119 Å². The average Bonchev–Trinajstić information content (AvgIpc) is 2.49. The van der Waals surface area contributed by atoms with Crippen molar-refractivity contribution in [3.63, 3.8) is 0 Å². The van der Waals surface area contributed by atoms with E-state index in [9.17, 15) is 4.79 Å². The van der Waals surface area contributed by atoms with Crippen LogP contribution in [0.25, 0.3) is 0 Å². The Bertz CT molecular complexity index is 605. The summed E-state index contributed by atoms with van der Waals surface area (Å²) in [5.74, 6) is 0. The van der Waals surface area contributed by atoms with Crippen LogP contribution in [-0.2, 0) is 0 Å². The van der Waals surface area contributed by atoms with Crippen molar-refractivity contribution in [3.8, 4) is 0 Å². The number of hydrogen-bond acceptors (Lipinski definition) is 4. The third-order valence-electron chi connectivity index (χ3n) is 2.98. The maximum absolute atomic E-state index is 10.7. The van der Waals surface area contributed by atoms with Gasteiger partial charge in [0.25, 0.3) is 0 Å². The minimum atomic E-state index is 0.415. The van der Waals surface area contributed by atoms with Gasteiger partial charge in [-0.05, 0) is 24.3 Å². The summed E-state index contributed by atoms with van der Waals surface area (Å²) in [5.41, 5.74) is 3.36. The number of aromatic nitrogens is 1. The Hall–Kier alpha value is -2.62. The fraction of sp³-hybridized carbons (Fsp3) is 0.125. The predicted octanol–water partition coefficient (Wildman–Crippen LogP) is 3.24. The Balaban J connectivity index is 2.46. The van der Waals surface area contributed by atoms with Crippen LogP contribution in [0.2, 0.25) is 0 Å². The van der Waals surface area contributed by atoms with Crippen molar-refractivity contribution < 1.29 is 4.79 Å². The van der Waals surface area contributed by atoms with E-state index in [1.807, 2.05) is 54.2 Å². The zero-order valence-electron chi connectivity index (χ0n) is 11.7. The Morgan fingerprint density at radius 1 is 1.10 bits per heavy atom. The summed E-state index contributed by atoms with van der Waals surface area (Å²) < 4.78 is 0. The van der Waals surface area contributed by atoms with Crippen molar-refractivity contribution in [2.45, 2.75) is 0 Å². The van der Waals surface area contributed by atoms with Crippen LogP contribution in [0.3, 0.4) is 0 Å². The van der Waals surface area contributed by atoms with E-state index in [0.717, 1.165) is 23.3 Å². The van der Waals surface area contributed by atoms with E-state index in [-0.39, 0.29) is 0 Å². The average molecular weight is 267 g/mol. The van der Waals surface area contributed by atoms with Gasteiger partial charge in [0.1, 0.15) is 5.69 Å². The first kappa shape index (κ1) is 13.8. The molecule has 0 aliphatic carbocycles. The molecule has 1 heterocycles. The molecule has 0 aliphatic rings. The summed E-state index contributed by atoms with van der Waals surface area (Å²) in [4.78, 5) is 18.7. The summed E-state index contributed by atoms with van der Waals surface area (Å²) in [7, 11) is 3.99. The van der Waals surface area contributed by atoms with Crippen molar-refractivity contribution >= 4 is 23.3 Å². The first-order chi connectivity index (χ1) is 9.67. The number of hydrogen-bond donors (Lipinski definition) is 0. The largest absolute Gasteiger partial charge is 0.376 e. The topological polar surface area (TPSA) is 36.4 Å². The molecule has 0 saturated carbocycles.